The van der Waals surface area contributed by atoms with Crippen LogP contribution in [0.25, 0.3) is 0 Å². The molecule has 0 amide bonds. The van der Waals surface area contributed by atoms with Gasteiger partial charge in [-0.15, -0.1) is 0 Å². The number of phenols is 1. The highest BCUT2D eigenvalue weighted by molar-refractivity contribution is 5.69. The molecule has 1 unspecified atom stereocenters. The van der Waals surface area contributed by atoms with Gasteiger partial charge in [0.2, 0.25) is 0 Å². The van der Waals surface area contributed by atoms with E-state index < -0.39 is 0 Å². The van der Waals surface area contributed by atoms with Crippen molar-refractivity contribution in [1.82, 2.24) is 5.32 Å². The number of esters is 1. The Balaban J connectivity index is 2.10. The van der Waals surface area contributed by atoms with E-state index in [1.807, 2.05) is 19.1 Å². The predicted octanol–water partition coefficient (Wildman–Crippen LogP) is 2.65. The zero-order valence-electron chi connectivity index (χ0n) is 12.4. The number of aromatic hydroxyl groups is 1. The Hall–Kier alpha value is -1.55. The van der Waals surface area contributed by atoms with E-state index in [1.165, 1.54) is 5.56 Å². The molecule has 4 nitrogen and oxygen atoms in total. The van der Waals surface area contributed by atoms with Crippen molar-refractivity contribution >= 4 is 5.97 Å². The Bertz CT molecular complexity index is 389. The average Bonchev–Trinajstić information content (AvgIpc) is 2.43. The van der Waals surface area contributed by atoms with Crippen LogP contribution in [0, 0.1) is 0 Å². The van der Waals surface area contributed by atoms with Gasteiger partial charge in [-0.1, -0.05) is 12.1 Å². The van der Waals surface area contributed by atoms with Gasteiger partial charge >= 0.3 is 5.97 Å². The fourth-order valence-corrected chi connectivity index (χ4v) is 1.96. The second kappa shape index (κ2) is 9.37. The molecule has 1 aromatic rings. The molecule has 0 aliphatic heterocycles. The van der Waals surface area contributed by atoms with Gasteiger partial charge in [0.15, 0.2) is 0 Å². The van der Waals surface area contributed by atoms with Crippen molar-refractivity contribution in [2.24, 2.45) is 0 Å². The summed E-state index contributed by atoms with van der Waals surface area (Å²) in [6, 6.07) is 7.73. The van der Waals surface area contributed by atoms with Crippen molar-refractivity contribution < 1.29 is 14.6 Å². The van der Waals surface area contributed by atoms with E-state index in [4.69, 9.17) is 4.74 Å². The van der Waals surface area contributed by atoms with Gasteiger partial charge in [0, 0.05) is 12.5 Å². The predicted molar refractivity (Wildman–Crippen MR) is 79.8 cm³/mol. The molecule has 0 spiro atoms. The third kappa shape index (κ3) is 7.14. The summed E-state index contributed by atoms with van der Waals surface area (Å²) in [6.45, 7) is 5.25. The fraction of sp³-hybridized carbons (Fsp3) is 0.562. The van der Waals surface area contributed by atoms with Crippen LogP contribution >= 0.6 is 0 Å². The Kier molecular flexibility index (Phi) is 7.73. The fourth-order valence-electron chi connectivity index (χ4n) is 1.96. The lowest BCUT2D eigenvalue weighted by Crippen LogP contribution is -2.27. The molecular weight excluding hydrogens is 254 g/mol. The highest BCUT2D eigenvalue weighted by Gasteiger charge is 2.04. The molecule has 0 fully saturated rings. The first-order chi connectivity index (χ1) is 9.61. The van der Waals surface area contributed by atoms with Gasteiger partial charge < -0.3 is 15.2 Å². The number of nitrogens with one attached hydrogen (secondary N) is 1. The van der Waals surface area contributed by atoms with Gasteiger partial charge in [0.05, 0.1) is 6.61 Å². The van der Waals surface area contributed by atoms with E-state index in [2.05, 4.69) is 12.2 Å². The highest BCUT2D eigenvalue weighted by atomic mass is 16.5. The van der Waals surface area contributed by atoms with E-state index in [-0.39, 0.29) is 5.97 Å². The molecule has 0 radical (unpaired) electrons. The topological polar surface area (TPSA) is 58.6 Å². The van der Waals surface area contributed by atoms with Crippen molar-refractivity contribution in [3.63, 3.8) is 0 Å². The second-order valence-corrected chi connectivity index (χ2v) is 4.97. The monoisotopic (exact) mass is 279 g/mol. The summed E-state index contributed by atoms with van der Waals surface area (Å²) in [4.78, 5) is 11.2. The Labute approximate surface area is 121 Å². The molecule has 0 aliphatic carbocycles. The molecule has 1 aromatic carbocycles. The normalized spacial score (nSPS) is 12.1. The van der Waals surface area contributed by atoms with Crippen LogP contribution in [0.2, 0.25) is 0 Å². The zero-order chi connectivity index (χ0) is 14.8. The van der Waals surface area contributed by atoms with Crippen LogP contribution in [0.3, 0.4) is 0 Å². The highest BCUT2D eigenvalue weighted by Crippen LogP contribution is 2.11. The zero-order valence-corrected chi connectivity index (χ0v) is 12.4. The lowest BCUT2D eigenvalue weighted by molar-refractivity contribution is -0.143. The smallest absolute Gasteiger partial charge is 0.305 e. The second-order valence-electron chi connectivity index (χ2n) is 4.97. The SMILES string of the molecule is CCOC(=O)CCCNC(C)CCc1ccc(O)cc1. The maximum absolute atomic E-state index is 11.2. The third-order valence-electron chi connectivity index (χ3n) is 3.16. The number of ether oxygens (including phenoxy) is 1. The number of phenolic OH excluding ortho intramolecular Hbond substituents is 1. The first-order valence-corrected chi connectivity index (χ1v) is 7.28. The molecule has 1 rings (SSSR count). The minimum atomic E-state index is -0.119. The van der Waals surface area contributed by atoms with E-state index in [0.29, 0.717) is 24.8 Å². The summed E-state index contributed by atoms with van der Waals surface area (Å²) >= 11 is 0. The summed E-state index contributed by atoms with van der Waals surface area (Å²) < 4.78 is 4.88. The Morgan fingerprint density at radius 2 is 2.05 bits per heavy atom. The van der Waals surface area contributed by atoms with Crippen LogP contribution < -0.4 is 5.32 Å². The molecule has 20 heavy (non-hydrogen) atoms. The van der Waals surface area contributed by atoms with E-state index >= 15 is 0 Å². The minimum absolute atomic E-state index is 0.119. The van der Waals surface area contributed by atoms with E-state index in [9.17, 15) is 9.90 Å². The molecule has 0 aliphatic rings. The maximum atomic E-state index is 11.2. The molecule has 0 bridgehead atoms. The quantitative estimate of drug-likeness (QED) is 0.539. The molecule has 4 heteroatoms. The number of hydrogen-bond acceptors (Lipinski definition) is 4. The van der Waals surface area contributed by atoms with Gasteiger partial charge in [-0.2, -0.15) is 0 Å². The van der Waals surface area contributed by atoms with E-state index in [0.717, 1.165) is 25.8 Å². The summed E-state index contributed by atoms with van der Waals surface area (Å²) in [5.41, 5.74) is 1.22. The van der Waals surface area contributed by atoms with Gasteiger partial charge in [0.1, 0.15) is 5.75 Å². The summed E-state index contributed by atoms with van der Waals surface area (Å²) in [5, 5.41) is 12.6. The maximum Gasteiger partial charge on any atom is 0.305 e. The standard InChI is InChI=1S/C16H25NO3/c1-3-20-16(19)5-4-12-17-13(2)6-7-14-8-10-15(18)11-9-14/h8-11,13,17-18H,3-7,12H2,1-2H3. The number of carbonyl (C=O) groups is 1. The molecular formula is C16H25NO3. The third-order valence-corrected chi connectivity index (χ3v) is 3.16. The van der Waals surface area contributed by atoms with Crippen molar-refractivity contribution in [1.29, 1.82) is 0 Å². The number of benzene rings is 1. The van der Waals surface area contributed by atoms with Gasteiger partial charge in [-0.3, -0.25) is 4.79 Å². The Morgan fingerprint density at radius 1 is 1.35 bits per heavy atom. The van der Waals surface area contributed by atoms with E-state index in [1.54, 1.807) is 12.1 Å². The number of aryl methyl sites for hydroxylation is 1. The largest absolute Gasteiger partial charge is 0.508 e. The van der Waals surface area contributed by atoms with Crippen LogP contribution in [0.15, 0.2) is 24.3 Å². The summed E-state index contributed by atoms with van der Waals surface area (Å²) in [7, 11) is 0. The van der Waals surface area contributed by atoms with Gasteiger partial charge in [-0.05, 0) is 57.4 Å². The molecule has 0 saturated carbocycles. The number of rotatable bonds is 9. The van der Waals surface area contributed by atoms with Gasteiger partial charge in [-0.25, -0.2) is 0 Å². The van der Waals surface area contributed by atoms with Crippen molar-refractivity contribution in [3.05, 3.63) is 29.8 Å². The number of hydrogen-bond donors (Lipinski definition) is 2. The lowest BCUT2D eigenvalue weighted by atomic mass is 10.1. The molecule has 112 valence electrons. The van der Waals surface area contributed by atoms with Crippen LogP contribution in [-0.4, -0.2) is 30.3 Å². The number of carbonyl (C=O) groups excluding carboxylic acids is 1. The first kappa shape index (κ1) is 16.5. The van der Waals surface area contributed by atoms with Crippen molar-refractivity contribution in [2.45, 2.75) is 45.6 Å². The average molecular weight is 279 g/mol. The van der Waals surface area contributed by atoms with Gasteiger partial charge in [0.25, 0.3) is 0 Å². The minimum Gasteiger partial charge on any atom is -0.508 e. The van der Waals surface area contributed by atoms with Crippen LogP contribution in [-0.2, 0) is 16.0 Å². The first-order valence-electron chi connectivity index (χ1n) is 7.28. The lowest BCUT2D eigenvalue weighted by Gasteiger charge is -2.13. The molecule has 0 saturated heterocycles. The van der Waals surface area contributed by atoms with Crippen LogP contribution in [0.4, 0.5) is 0 Å². The summed E-state index contributed by atoms with van der Waals surface area (Å²) in [6.07, 6.45) is 3.30. The molecule has 2 N–H and O–H groups in total. The Morgan fingerprint density at radius 3 is 2.70 bits per heavy atom. The van der Waals surface area contributed by atoms with Crippen LogP contribution in [0.1, 0.15) is 38.7 Å². The van der Waals surface area contributed by atoms with Crippen molar-refractivity contribution in [3.8, 4) is 5.75 Å². The molecule has 1 atom stereocenters. The molecule has 0 heterocycles. The van der Waals surface area contributed by atoms with Crippen LogP contribution in [0.5, 0.6) is 5.75 Å². The van der Waals surface area contributed by atoms with Crippen molar-refractivity contribution in [2.75, 3.05) is 13.2 Å². The molecule has 0 aromatic heterocycles. The summed E-state index contributed by atoms with van der Waals surface area (Å²) in [5.74, 6) is 0.185.